The van der Waals surface area contributed by atoms with Crippen LogP contribution in [-0.2, 0) is 16.3 Å². The number of hydrogen-bond acceptors (Lipinski definition) is 5. The van der Waals surface area contributed by atoms with Crippen LogP contribution in [0.4, 0.5) is 5.82 Å². The Labute approximate surface area is 113 Å². The molecule has 1 unspecified atom stereocenters. The third-order valence-electron chi connectivity index (χ3n) is 2.38. The molecule has 0 spiro atoms. The highest BCUT2D eigenvalue weighted by Gasteiger charge is 2.14. The van der Waals surface area contributed by atoms with Gasteiger partial charge in [-0.3, -0.25) is 0 Å². The lowest BCUT2D eigenvalue weighted by Gasteiger charge is -2.16. The highest BCUT2D eigenvalue weighted by atomic mass is 35.5. The molecule has 1 heterocycles. The van der Waals surface area contributed by atoms with Gasteiger partial charge in [0, 0.05) is 24.3 Å². The Hall–Kier alpha value is -0.880. The van der Waals surface area contributed by atoms with E-state index < -0.39 is 9.84 Å². The van der Waals surface area contributed by atoms with Crippen LogP contribution in [0.2, 0.25) is 5.15 Å². The van der Waals surface area contributed by atoms with Crippen LogP contribution in [-0.4, -0.2) is 36.4 Å². The van der Waals surface area contributed by atoms with Crippen molar-refractivity contribution in [3.8, 4) is 0 Å². The molecule has 0 aliphatic rings. The molecule has 0 amide bonds. The summed E-state index contributed by atoms with van der Waals surface area (Å²) in [5, 5.41) is 3.47. The number of hydrogen-bond donors (Lipinski definition) is 1. The Morgan fingerprint density at radius 2 is 2.00 bits per heavy atom. The summed E-state index contributed by atoms with van der Waals surface area (Å²) in [7, 11) is -3.02. The van der Waals surface area contributed by atoms with Crippen molar-refractivity contribution >= 4 is 27.3 Å². The van der Waals surface area contributed by atoms with Gasteiger partial charge >= 0.3 is 0 Å². The minimum atomic E-state index is -3.02. The molecular formula is C11H18ClN3O2S. The van der Waals surface area contributed by atoms with Gasteiger partial charge in [0.25, 0.3) is 0 Å². The van der Waals surface area contributed by atoms with Crippen LogP contribution in [0.15, 0.2) is 0 Å². The predicted molar refractivity (Wildman–Crippen MR) is 74.0 cm³/mol. The second-order valence-electron chi connectivity index (χ2n) is 4.40. The van der Waals surface area contributed by atoms with Gasteiger partial charge in [0.05, 0.1) is 5.75 Å². The average Bonchev–Trinajstić information content (AvgIpc) is 2.21. The fraction of sp³-hybridized carbons (Fsp3) is 0.636. The van der Waals surface area contributed by atoms with E-state index >= 15 is 0 Å². The first-order valence-corrected chi connectivity index (χ1v) is 8.14. The van der Waals surface area contributed by atoms with Crippen molar-refractivity contribution in [2.45, 2.75) is 33.2 Å². The second kappa shape index (κ2) is 5.84. The summed E-state index contributed by atoms with van der Waals surface area (Å²) in [6.45, 7) is 5.53. The van der Waals surface area contributed by atoms with Crippen LogP contribution in [0.5, 0.6) is 0 Å². The fourth-order valence-corrected chi connectivity index (χ4v) is 2.74. The maximum Gasteiger partial charge on any atom is 0.149 e. The number of aryl methyl sites for hydroxylation is 1. The molecule has 0 bridgehead atoms. The first-order valence-electron chi connectivity index (χ1n) is 5.70. The normalized spacial score (nSPS) is 13.4. The molecule has 7 heteroatoms. The predicted octanol–water partition coefficient (Wildman–Crippen LogP) is 1.85. The van der Waals surface area contributed by atoms with Gasteiger partial charge < -0.3 is 5.32 Å². The van der Waals surface area contributed by atoms with E-state index in [2.05, 4.69) is 15.3 Å². The van der Waals surface area contributed by atoms with Crippen molar-refractivity contribution in [2.24, 2.45) is 0 Å². The van der Waals surface area contributed by atoms with Gasteiger partial charge in [0.15, 0.2) is 0 Å². The van der Waals surface area contributed by atoms with Crippen LogP contribution in [0, 0.1) is 6.92 Å². The van der Waals surface area contributed by atoms with E-state index in [-0.39, 0.29) is 11.8 Å². The Balaban J connectivity index is 2.93. The molecule has 1 rings (SSSR count). The summed E-state index contributed by atoms with van der Waals surface area (Å²) >= 11 is 6.00. The highest BCUT2D eigenvalue weighted by Crippen LogP contribution is 2.20. The lowest BCUT2D eigenvalue weighted by Crippen LogP contribution is -2.26. The number of nitrogens with one attached hydrogen (secondary N) is 1. The van der Waals surface area contributed by atoms with Crippen molar-refractivity contribution in [1.29, 1.82) is 0 Å². The molecular weight excluding hydrogens is 274 g/mol. The lowest BCUT2D eigenvalue weighted by atomic mass is 10.3. The molecule has 18 heavy (non-hydrogen) atoms. The van der Waals surface area contributed by atoms with Crippen molar-refractivity contribution in [1.82, 2.24) is 9.97 Å². The first kappa shape index (κ1) is 15.2. The second-order valence-corrected chi connectivity index (χ2v) is 6.94. The average molecular weight is 292 g/mol. The van der Waals surface area contributed by atoms with E-state index in [4.69, 9.17) is 11.6 Å². The molecule has 0 aliphatic carbocycles. The van der Waals surface area contributed by atoms with Crippen molar-refractivity contribution < 1.29 is 8.42 Å². The minimum Gasteiger partial charge on any atom is -0.366 e. The zero-order valence-corrected chi connectivity index (χ0v) is 12.6. The Morgan fingerprint density at radius 3 is 2.50 bits per heavy atom. The molecule has 0 aliphatic heterocycles. The summed E-state index contributed by atoms with van der Waals surface area (Å²) in [6, 6.07) is -0.227. The topological polar surface area (TPSA) is 72.0 Å². The molecule has 0 fully saturated rings. The van der Waals surface area contributed by atoms with Crippen LogP contribution < -0.4 is 5.32 Å². The number of sulfone groups is 1. The van der Waals surface area contributed by atoms with E-state index in [1.54, 1.807) is 13.8 Å². The van der Waals surface area contributed by atoms with E-state index in [1.807, 2.05) is 6.92 Å². The van der Waals surface area contributed by atoms with Crippen LogP contribution >= 0.6 is 11.6 Å². The summed E-state index contributed by atoms with van der Waals surface area (Å²) in [4.78, 5) is 8.45. The lowest BCUT2D eigenvalue weighted by molar-refractivity contribution is 0.598. The summed E-state index contributed by atoms with van der Waals surface area (Å²) in [5.41, 5.74) is 0.731. The highest BCUT2D eigenvalue weighted by molar-refractivity contribution is 7.90. The molecule has 5 nitrogen and oxygen atoms in total. The Morgan fingerprint density at radius 1 is 1.39 bits per heavy atom. The minimum absolute atomic E-state index is 0.0511. The van der Waals surface area contributed by atoms with Crippen molar-refractivity contribution in [3.05, 3.63) is 16.5 Å². The molecule has 1 N–H and O–H groups in total. The Kier molecular flexibility index (Phi) is 4.92. The SMILES string of the molecule is CCc1nc(Cl)c(C)c(NC(C)CS(C)(=O)=O)n1. The number of anilines is 1. The zero-order chi connectivity index (χ0) is 13.9. The third-order valence-corrected chi connectivity index (χ3v) is 3.86. The fourth-order valence-electron chi connectivity index (χ4n) is 1.56. The van der Waals surface area contributed by atoms with Crippen molar-refractivity contribution in [3.63, 3.8) is 0 Å². The molecule has 0 saturated heterocycles. The van der Waals surface area contributed by atoms with E-state index in [9.17, 15) is 8.42 Å². The van der Waals surface area contributed by atoms with Gasteiger partial charge in [0.1, 0.15) is 26.6 Å². The molecule has 0 saturated carbocycles. The quantitative estimate of drug-likeness (QED) is 0.838. The molecule has 1 atom stereocenters. The number of rotatable bonds is 5. The number of aromatic nitrogens is 2. The van der Waals surface area contributed by atoms with Gasteiger partial charge in [-0.05, 0) is 13.8 Å². The van der Waals surface area contributed by atoms with Gasteiger partial charge in [0.2, 0.25) is 0 Å². The molecule has 1 aromatic rings. The third kappa shape index (κ3) is 4.42. The van der Waals surface area contributed by atoms with Gasteiger partial charge in [-0.1, -0.05) is 18.5 Å². The van der Waals surface area contributed by atoms with Gasteiger partial charge in [-0.25, -0.2) is 18.4 Å². The van der Waals surface area contributed by atoms with Crippen LogP contribution in [0.3, 0.4) is 0 Å². The summed E-state index contributed by atoms with van der Waals surface area (Å²) in [5.74, 6) is 1.29. The monoisotopic (exact) mass is 291 g/mol. The summed E-state index contributed by atoms with van der Waals surface area (Å²) < 4.78 is 22.4. The maximum absolute atomic E-state index is 11.2. The molecule has 0 aromatic carbocycles. The number of halogens is 1. The first-order chi connectivity index (χ1) is 8.23. The molecule has 1 aromatic heterocycles. The maximum atomic E-state index is 11.2. The van der Waals surface area contributed by atoms with Gasteiger partial charge in [-0.15, -0.1) is 0 Å². The van der Waals surface area contributed by atoms with E-state index in [1.165, 1.54) is 6.26 Å². The standard InChI is InChI=1S/C11H18ClN3O2S/c1-5-9-14-10(12)8(3)11(15-9)13-7(2)6-18(4,16)17/h7H,5-6H2,1-4H3,(H,13,14,15). The van der Waals surface area contributed by atoms with Crippen LogP contribution in [0.25, 0.3) is 0 Å². The van der Waals surface area contributed by atoms with E-state index in [0.717, 1.165) is 5.56 Å². The largest absolute Gasteiger partial charge is 0.366 e. The van der Waals surface area contributed by atoms with Gasteiger partial charge in [-0.2, -0.15) is 0 Å². The zero-order valence-electron chi connectivity index (χ0n) is 11.0. The van der Waals surface area contributed by atoms with Crippen LogP contribution in [0.1, 0.15) is 25.2 Å². The smallest absolute Gasteiger partial charge is 0.149 e. The number of nitrogens with zero attached hydrogens (tertiary/aromatic N) is 2. The Bertz CT molecular complexity index is 531. The summed E-state index contributed by atoms with van der Waals surface area (Å²) in [6.07, 6.45) is 1.89. The van der Waals surface area contributed by atoms with E-state index in [0.29, 0.717) is 23.2 Å². The molecule has 0 radical (unpaired) electrons. The molecule has 102 valence electrons. The van der Waals surface area contributed by atoms with Crippen molar-refractivity contribution in [2.75, 3.05) is 17.3 Å².